The van der Waals surface area contributed by atoms with E-state index in [9.17, 15) is 10.1 Å². The maximum Gasteiger partial charge on any atom is 0.269 e. The largest absolute Gasteiger partial charge is 0.313 e. The van der Waals surface area contributed by atoms with Gasteiger partial charge in [-0.15, -0.1) is 0 Å². The Morgan fingerprint density at radius 2 is 1.89 bits per heavy atom. The van der Waals surface area contributed by atoms with Gasteiger partial charge in [0.15, 0.2) is 0 Å². The molecule has 1 unspecified atom stereocenters. The van der Waals surface area contributed by atoms with E-state index in [2.05, 4.69) is 4.90 Å². The number of hydrogen-bond donors (Lipinski definition) is 1. The first-order chi connectivity index (χ1) is 8.49. The van der Waals surface area contributed by atoms with Crippen LogP contribution >= 0.6 is 0 Å². The summed E-state index contributed by atoms with van der Waals surface area (Å²) in [5.74, 6) is 0. The van der Waals surface area contributed by atoms with E-state index in [1.807, 2.05) is 6.92 Å². The summed E-state index contributed by atoms with van der Waals surface area (Å²) in [5, 5.41) is 10.6. The van der Waals surface area contributed by atoms with Crippen LogP contribution in [0.1, 0.15) is 25.3 Å². The summed E-state index contributed by atoms with van der Waals surface area (Å²) >= 11 is 0. The standard InChI is InChI=1S/C13H19N3O2/c1-13(14,15-8-2-3-9-15)10-11-4-6-12(7-5-11)16(17)18/h4-7H,2-3,8-10,14H2,1H3. The molecule has 0 aromatic heterocycles. The minimum atomic E-state index is -0.383. The second-order valence-corrected chi connectivity index (χ2v) is 5.15. The topological polar surface area (TPSA) is 72.4 Å². The van der Waals surface area contributed by atoms with Crippen LogP contribution in [0.2, 0.25) is 0 Å². The fourth-order valence-corrected chi connectivity index (χ4v) is 2.49. The lowest BCUT2D eigenvalue weighted by molar-refractivity contribution is -0.384. The molecule has 0 saturated carbocycles. The summed E-state index contributed by atoms with van der Waals surface area (Å²) in [6, 6.07) is 6.66. The molecule has 0 radical (unpaired) electrons. The summed E-state index contributed by atoms with van der Waals surface area (Å²) < 4.78 is 0. The summed E-state index contributed by atoms with van der Waals surface area (Å²) in [4.78, 5) is 12.5. The molecule has 1 fully saturated rings. The van der Waals surface area contributed by atoms with Crippen LogP contribution < -0.4 is 5.73 Å². The Morgan fingerprint density at radius 3 is 2.39 bits per heavy atom. The van der Waals surface area contributed by atoms with Crippen molar-refractivity contribution >= 4 is 5.69 Å². The van der Waals surface area contributed by atoms with Gasteiger partial charge in [-0.25, -0.2) is 0 Å². The highest BCUT2D eigenvalue weighted by atomic mass is 16.6. The van der Waals surface area contributed by atoms with Crippen molar-refractivity contribution in [3.8, 4) is 0 Å². The summed E-state index contributed by atoms with van der Waals surface area (Å²) in [5.41, 5.74) is 7.14. The number of rotatable bonds is 4. The van der Waals surface area contributed by atoms with E-state index in [4.69, 9.17) is 5.73 Å². The molecule has 1 aliphatic rings. The predicted molar refractivity (Wildman–Crippen MR) is 70.2 cm³/mol. The van der Waals surface area contributed by atoms with Crippen LogP contribution in [0.4, 0.5) is 5.69 Å². The van der Waals surface area contributed by atoms with Gasteiger partial charge in [0, 0.05) is 18.6 Å². The molecule has 2 N–H and O–H groups in total. The third kappa shape index (κ3) is 2.86. The number of non-ortho nitro benzene ring substituents is 1. The number of benzene rings is 1. The molecule has 1 saturated heterocycles. The maximum atomic E-state index is 10.6. The van der Waals surface area contributed by atoms with Crippen LogP contribution in [0.3, 0.4) is 0 Å². The van der Waals surface area contributed by atoms with Crippen molar-refractivity contribution in [3.63, 3.8) is 0 Å². The molecule has 1 aromatic carbocycles. The van der Waals surface area contributed by atoms with Crippen LogP contribution in [-0.4, -0.2) is 28.6 Å². The van der Waals surface area contributed by atoms with Gasteiger partial charge in [-0.2, -0.15) is 0 Å². The van der Waals surface area contributed by atoms with E-state index in [1.54, 1.807) is 12.1 Å². The molecule has 98 valence electrons. The Bertz CT molecular complexity index is 422. The SMILES string of the molecule is CC(N)(Cc1ccc([N+](=O)[O-])cc1)N1CCCC1. The van der Waals surface area contributed by atoms with Crippen molar-refractivity contribution in [2.75, 3.05) is 13.1 Å². The van der Waals surface area contributed by atoms with Crippen LogP contribution in [-0.2, 0) is 6.42 Å². The summed E-state index contributed by atoms with van der Waals surface area (Å²) in [6.45, 7) is 4.11. The van der Waals surface area contributed by atoms with E-state index in [0.29, 0.717) is 6.42 Å². The molecule has 1 heterocycles. The zero-order valence-electron chi connectivity index (χ0n) is 10.6. The Hall–Kier alpha value is -1.46. The fourth-order valence-electron chi connectivity index (χ4n) is 2.49. The van der Waals surface area contributed by atoms with Crippen LogP contribution in [0, 0.1) is 10.1 Å². The average molecular weight is 249 g/mol. The zero-order valence-corrected chi connectivity index (χ0v) is 10.6. The molecule has 1 atom stereocenters. The van der Waals surface area contributed by atoms with E-state index in [-0.39, 0.29) is 16.3 Å². The fraction of sp³-hybridized carbons (Fsp3) is 0.538. The van der Waals surface area contributed by atoms with Gasteiger partial charge in [0.05, 0.1) is 10.6 Å². The van der Waals surface area contributed by atoms with E-state index < -0.39 is 0 Å². The number of nitrogens with zero attached hydrogens (tertiary/aromatic N) is 2. The minimum Gasteiger partial charge on any atom is -0.313 e. The monoisotopic (exact) mass is 249 g/mol. The lowest BCUT2D eigenvalue weighted by atomic mass is 10.0. The average Bonchev–Trinajstić information content (AvgIpc) is 2.83. The van der Waals surface area contributed by atoms with Crippen molar-refractivity contribution in [1.29, 1.82) is 0 Å². The molecular weight excluding hydrogens is 230 g/mol. The van der Waals surface area contributed by atoms with Gasteiger partial charge in [-0.1, -0.05) is 12.1 Å². The molecular formula is C13H19N3O2. The Kier molecular flexibility index (Phi) is 3.63. The molecule has 2 rings (SSSR count). The number of nitrogens with two attached hydrogens (primary N) is 1. The third-order valence-corrected chi connectivity index (χ3v) is 3.54. The van der Waals surface area contributed by atoms with Gasteiger partial charge in [0.25, 0.3) is 5.69 Å². The highest BCUT2D eigenvalue weighted by molar-refractivity contribution is 5.33. The van der Waals surface area contributed by atoms with E-state index in [1.165, 1.54) is 25.0 Å². The second-order valence-electron chi connectivity index (χ2n) is 5.15. The van der Waals surface area contributed by atoms with Crippen molar-refractivity contribution in [2.45, 2.75) is 31.8 Å². The van der Waals surface area contributed by atoms with Crippen LogP contribution in [0.15, 0.2) is 24.3 Å². The Balaban J connectivity index is 2.06. The van der Waals surface area contributed by atoms with Crippen LogP contribution in [0.5, 0.6) is 0 Å². The van der Waals surface area contributed by atoms with E-state index in [0.717, 1.165) is 18.7 Å². The van der Waals surface area contributed by atoms with Crippen molar-refractivity contribution < 1.29 is 4.92 Å². The van der Waals surface area contributed by atoms with Gasteiger partial charge in [0.1, 0.15) is 0 Å². The predicted octanol–water partition coefficient (Wildman–Crippen LogP) is 1.91. The summed E-state index contributed by atoms with van der Waals surface area (Å²) in [6.07, 6.45) is 3.12. The van der Waals surface area contributed by atoms with Crippen molar-refractivity contribution in [1.82, 2.24) is 4.90 Å². The Labute approximate surface area is 107 Å². The zero-order chi connectivity index (χ0) is 13.2. The quantitative estimate of drug-likeness (QED) is 0.653. The number of likely N-dealkylation sites (tertiary alicyclic amines) is 1. The van der Waals surface area contributed by atoms with Gasteiger partial charge in [-0.05, 0) is 38.4 Å². The molecule has 5 heteroatoms. The van der Waals surface area contributed by atoms with Gasteiger partial charge < -0.3 is 5.73 Å². The molecule has 1 aromatic rings. The number of nitro groups is 1. The number of nitro benzene ring substituents is 1. The first kappa shape index (κ1) is 13.0. The summed E-state index contributed by atoms with van der Waals surface area (Å²) in [7, 11) is 0. The maximum absolute atomic E-state index is 10.6. The van der Waals surface area contributed by atoms with Gasteiger partial charge in [0.2, 0.25) is 0 Å². The molecule has 0 spiro atoms. The smallest absolute Gasteiger partial charge is 0.269 e. The minimum absolute atomic E-state index is 0.124. The van der Waals surface area contributed by atoms with E-state index >= 15 is 0 Å². The van der Waals surface area contributed by atoms with Crippen molar-refractivity contribution in [3.05, 3.63) is 39.9 Å². The molecule has 0 aliphatic carbocycles. The molecule has 18 heavy (non-hydrogen) atoms. The first-order valence-corrected chi connectivity index (χ1v) is 6.26. The molecule has 0 amide bonds. The highest BCUT2D eigenvalue weighted by Gasteiger charge is 2.29. The highest BCUT2D eigenvalue weighted by Crippen LogP contribution is 2.22. The van der Waals surface area contributed by atoms with Gasteiger partial charge in [-0.3, -0.25) is 15.0 Å². The molecule has 1 aliphatic heterocycles. The second kappa shape index (κ2) is 5.04. The molecule has 5 nitrogen and oxygen atoms in total. The van der Waals surface area contributed by atoms with Gasteiger partial charge >= 0.3 is 0 Å². The normalized spacial score (nSPS) is 19.7. The first-order valence-electron chi connectivity index (χ1n) is 6.26. The molecule has 0 bridgehead atoms. The lowest BCUT2D eigenvalue weighted by Crippen LogP contribution is -2.53. The lowest BCUT2D eigenvalue weighted by Gasteiger charge is -2.35. The van der Waals surface area contributed by atoms with Crippen LogP contribution in [0.25, 0.3) is 0 Å². The third-order valence-electron chi connectivity index (χ3n) is 3.54. The van der Waals surface area contributed by atoms with Crippen molar-refractivity contribution in [2.24, 2.45) is 5.73 Å². The Morgan fingerprint density at radius 1 is 1.33 bits per heavy atom. The number of hydrogen-bond acceptors (Lipinski definition) is 4.